The van der Waals surface area contributed by atoms with Crippen molar-refractivity contribution in [2.45, 2.75) is 12.8 Å². The number of carbonyl (C=O) groups is 2. The van der Waals surface area contributed by atoms with Gasteiger partial charge < -0.3 is 20.2 Å². The fourth-order valence-corrected chi connectivity index (χ4v) is 4.43. The quantitative estimate of drug-likeness (QED) is 0.417. The van der Waals surface area contributed by atoms with Crippen LogP contribution in [0.1, 0.15) is 33.0 Å². The number of para-hydroxylation sites is 1. The summed E-state index contributed by atoms with van der Waals surface area (Å²) in [4.78, 5) is 33.4. The van der Waals surface area contributed by atoms with Crippen LogP contribution in [0.2, 0.25) is 0 Å². The maximum Gasteiger partial charge on any atom is 0.267 e. The number of fused-ring (bicyclic) bond motifs is 1. The molecule has 166 valence electrons. The van der Waals surface area contributed by atoms with Crippen molar-refractivity contribution in [1.29, 1.82) is 0 Å². The smallest absolute Gasteiger partial charge is 0.267 e. The number of H-pyrrole nitrogens is 1. The topological polar surface area (TPSA) is 91.8 Å². The number of aromatic nitrogens is 3. The first-order valence-electron chi connectivity index (χ1n) is 11.0. The zero-order valence-electron chi connectivity index (χ0n) is 18.3. The number of ketones is 1. The lowest BCUT2D eigenvalue weighted by atomic mass is 9.86. The molecule has 3 aromatic heterocycles. The molecule has 1 atom stereocenters. The molecule has 1 aliphatic carbocycles. The van der Waals surface area contributed by atoms with E-state index in [4.69, 9.17) is 0 Å². The van der Waals surface area contributed by atoms with Gasteiger partial charge in [0.2, 0.25) is 0 Å². The molecule has 1 aromatic carbocycles. The van der Waals surface area contributed by atoms with Gasteiger partial charge in [0.05, 0.1) is 16.9 Å². The number of anilines is 2. The molecule has 7 heteroatoms. The molecular weight excluding hydrogens is 414 g/mol. The molecule has 1 unspecified atom stereocenters. The van der Waals surface area contributed by atoms with Gasteiger partial charge in [-0.3, -0.25) is 14.6 Å². The summed E-state index contributed by atoms with van der Waals surface area (Å²) in [5.74, 6) is -0.0248. The second kappa shape index (κ2) is 8.78. The van der Waals surface area contributed by atoms with Gasteiger partial charge >= 0.3 is 0 Å². The molecule has 1 aliphatic rings. The molecule has 0 saturated heterocycles. The van der Waals surface area contributed by atoms with E-state index in [9.17, 15) is 9.59 Å². The molecule has 5 rings (SSSR count). The van der Waals surface area contributed by atoms with Crippen molar-refractivity contribution in [3.8, 4) is 11.3 Å². The first-order valence-corrected chi connectivity index (χ1v) is 11.0. The number of nitrogens with zero attached hydrogens (tertiary/aromatic N) is 2. The molecule has 0 bridgehead atoms. The first kappa shape index (κ1) is 20.8. The largest absolute Gasteiger partial charge is 0.356 e. The van der Waals surface area contributed by atoms with E-state index in [2.05, 4.69) is 20.6 Å². The van der Waals surface area contributed by atoms with Crippen LogP contribution in [-0.4, -0.2) is 32.8 Å². The number of Topliss-reactive ketones (excluding diaryl/α,β-unsaturated/α-hetero) is 1. The number of carbonyl (C=O) groups excluding carboxylic acids is 2. The Labute approximate surface area is 191 Å². The monoisotopic (exact) mass is 439 g/mol. The standard InChI is InChI=1S/C26H25N5O2/c1-31-13-5-8-21(31)26(33)28-16-17-14-20-23(22(32)15-17)25(29-19-6-3-2-4-7-19)24(30-20)18-9-11-27-12-10-18/h2-13,17,29-30H,14-16H2,1H3,(H,28,33). The molecule has 3 heterocycles. The zero-order chi connectivity index (χ0) is 22.8. The lowest BCUT2D eigenvalue weighted by Gasteiger charge is -2.22. The van der Waals surface area contributed by atoms with Crippen molar-refractivity contribution in [3.63, 3.8) is 0 Å². The highest BCUT2D eigenvalue weighted by Gasteiger charge is 2.32. The average molecular weight is 440 g/mol. The minimum Gasteiger partial charge on any atom is -0.356 e. The van der Waals surface area contributed by atoms with Crippen LogP contribution in [-0.2, 0) is 13.5 Å². The predicted molar refractivity (Wildman–Crippen MR) is 128 cm³/mol. The highest BCUT2D eigenvalue weighted by atomic mass is 16.2. The highest BCUT2D eigenvalue weighted by Crippen LogP contribution is 2.39. The van der Waals surface area contributed by atoms with Crippen molar-refractivity contribution in [3.05, 3.63) is 90.1 Å². The molecule has 0 fully saturated rings. The van der Waals surface area contributed by atoms with E-state index in [1.54, 1.807) is 23.0 Å². The first-order chi connectivity index (χ1) is 16.1. The van der Waals surface area contributed by atoms with Gasteiger partial charge in [0.15, 0.2) is 5.78 Å². The van der Waals surface area contributed by atoms with Gasteiger partial charge in [0.1, 0.15) is 5.69 Å². The molecule has 7 nitrogen and oxygen atoms in total. The summed E-state index contributed by atoms with van der Waals surface area (Å²) in [7, 11) is 1.84. The Bertz CT molecular complexity index is 1290. The summed E-state index contributed by atoms with van der Waals surface area (Å²) >= 11 is 0. The van der Waals surface area contributed by atoms with Crippen LogP contribution in [0.4, 0.5) is 11.4 Å². The SMILES string of the molecule is Cn1cccc1C(=O)NCC1CC(=O)c2c([nH]c(-c3ccncc3)c2Nc2ccccc2)C1. The predicted octanol–water partition coefficient (Wildman–Crippen LogP) is 4.33. The van der Waals surface area contributed by atoms with Crippen molar-refractivity contribution < 1.29 is 9.59 Å². The second-order valence-corrected chi connectivity index (χ2v) is 8.37. The minimum atomic E-state index is -0.129. The van der Waals surface area contributed by atoms with Gasteiger partial charge in [-0.25, -0.2) is 0 Å². The number of aromatic amines is 1. The number of amides is 1. The average Bonchev–Trinajstić information content (AvgIpc) is 3.42. The Morgan fingerprint density at radius 1 is 1.09 bits per heavy atom. The van der Waals surface area contributed by atoms with Gasteiger partial charge in [0, 0.05) is 55.5 Å². The Balaban J connectivity index is 1.42. The maximum absolute atomic E-state index is 13.3. The third kappa shape index (κ3) is 4.17. The second-order valence-electron chi connectivity index (χ2n) is 8.37. The Morgan fingerprint density at radius 3 is 2.61 bits per heavy atom. The number of benzene rings is 1. The van der Waals surface area contributed by atoms with Crippen molar-refractivity contribution >= 4 is 23.1 Å². The van der Waals surface area contributed by atoms with Gasteiger partial charge in [0.25, 0.3) is 5.91 Å². The highest BCUT2D eigenvalue weighted by molar-refractivity contribution is 6.07. The third-order valence-electron chi connectivity index (χ3n) is 6.06. The molecule has 1 amide bonds. The van der Waals surface area contributed by atoms with Gasteiger partial charge in [-0.2, -0.15) is 0 Å². The zero-order valence-corrected chi connectivity index (χ0v) is 18.3. The molecule has 0 aliphatic heterocycles. The van der Waals surface area contributed by atoms with Crippen LogP contribution in [0.25, 0.3) is 11.3 Å². The van der Waals surface area contributed by atoms with Crippen molar-refractivity contribution in [1.82, 2.24) is 19.9 Å². The van der Waals surface area contributed by atoms with E-state index in [-0.39, 0.29) is 17.6 Å². The summed E-state index contributed by atoms with van der Waals surface area (Å²) in [6.45, 7) is 0.445. The number of nitrogens with one attached hydrogen (secondary N) is 3. The van der Waals surface area contributed by atoms with Crippen LogP contribution in [0.15, 0.2) is 73.2 Å². The van der Waals surface area contributed by atoms with Gasteiger partial charge in [-0.15, -0.1) is 0 Å². The molecule has 3 N–H and O–H groups in total. The number of hydrogen-bond donors (Lipinski definition) is 3. The summed E-state index contributed by atoms with van der Waals surface area (Å²) in [5.41, 5.74) is 5.74. The van der Waals surface area contributed by atoms with Gasteiger partial charge in [-0.05, 0) is 48.7 Å². The van der Waals surface area contributed by atoms with Crippen molar-refractivity contribution in [2.75, 3.05) is 11.9 Å². The fraction of sp³-hybridized carbons (Fsp3) is 0.192. The maximum atomic E-state index is 13.3. The van der Waals surface area contributed by atoms with Crippen LogP contribution < -0.4 is 10.6 Å². The summed E-state index contributed by atoms with van der Waals surface area (Å²) in [6.07, 6.45) is 6.39. The molecular formula is C26H25N5O2. The van der Waals surface area contributed by atoms with E-state index in [0.717, 1.165) is 28.3 Å². The lowest BCUT2D eigenvalue weighted by molar-refractivity contribution is 0.0905. The molecule has 33 heavy (non-hydrogen) atoms. The van der Waals surface area contributed by atoms with E-state index < -0.39 is 0 Å². The van der Waals surface area contributed by atoms with Crippen LogP contribution >= 0.6 is 0 Å². The normalized spacial score (nSPS) is 15.2. The number of aryl methyl sites for hydroxylation is 1. The molecule has 0 saturated carbocycles. The van der Waals surface area contributed by atoms with E-state index in [0.29, 0.717) is 30.6 Å². The summed E-state index contributed by atoms with van der Waals surface area (Å²) in [6, 6.07) is 17.3. The Morgan fingerprint density at radius 2 is 1.88 bits per heavy atom. The Hall–Kier alpha value is -4.13. The van der Waals surface area contributed by atoms with Crippen LogP contribution in [0.5, 0.6) is 0 Å². The van der Waals surface area contributed by atoms with E-state index in [1.807, 2.05) is 61.8 Å². The fourth-order valence-electron chi connectivity index (χ4n) is 4.43. The minimum absolute atomic E-state index is 0.0303. The molecule has 4 aromatic rings. The molecule has 0 spiro atoms. The van der Waals surface area contributed by atoms with Crippen LogP contribution in [0, 0.1) is 5.92 Å². The number of rotatable bonds is 6. The number of pyridine rings is 1. The number of hydrogen-bond acceptors (Lipinski definition) is 4. The van der Waals surface area contributed by atoms with Crippen LogP contribution in [0.3, 0.4) is 0 Å². The molecule has 0 radical (unpaired) electrons. The summed E-state index contributed by atoms with van der Waals surface area (Å²) in [5, 5.41) is 6.44. The van der Waals surface area contributed by atoms with Crippen molar-refractivity contribution in [2.24, 2.45) is 13.0 Å². The van der Waals surface area contributed by atoms with Gasteiger partial charge in [-0.1, -0.05) is 18.2 Å². The lowest BCUT2D eigenvalue weighted by Crippen LogP contribution is -2.34. The summed E-state index contributed by atoms with van der Waals surface area (Å²) < 4.78 is 1.78. The Kier molecular flexibility index (Phi) is 5.52. The van der Waals surface area contributed by atoms with E-state index in [1.165, 1.54) is 0 Å². The third-order valence-corrected chi connectivity index (χ3v) is 6.06. The van der Waals surface area contributed by atoms with E-state index >= 15 is 0 Å².